The highest BCUT2D eigenvalue weighted by molar-refractivity contribution is 7.17. The van der Waals surface area contributed by atoms with E-state index in [1.807, 2.05) is 5.38 Å². The Kier molecular flexibility index (Phi) is 6.34. The molecule has 2 aromatic carbocycles. The first-order valence-corrected chi connectivity index (χ1v) is 10.3. The number of hydrogen-bond donors (Lipinski definition) is 2. The van der Waals surface area contributed by atoms with Crippen molar-refractivity contribution in [3.8, 4) is 22.8 Å². The summed E-state index contributed by atoms with van der Waals surface area (Å²) in [7, 11) is 0. The van der Waals surface area contributed by atoms with Crippen molar-refractivity contribution in [2.24, 2.45) is 0 Å². The van der Waals surface area contributed by atoms with Gasteiger partial charge in [-0.15, -0.1) is 11.3 Å². The van der Waals surface area contributed by atoms with Gasteiger partial charge in [0, 0.05) is 22.9 Å². The smallest absolute Gasteiger partial charge is 0.274 e. The summed E-state index contributed by atoms with van der Waals surface area (Å²) < 4.78 is 24.8. The third-order valence-electron chi connectivity index (χ3n) is 4.48. The molecule has 7 nitrogen and oxygen atoms in total. The predicted octanol–water partition coefficient (Wildman–Crippen LogP) is 4.46. The maximum Gasteiger partial charge on any atom is 0.274 e. The molecule has 4 aromatic rings. The normalized spacial score (nSPS) is 10.8. The fourth-order valence-electron chi connectivity index (χ4n) is 3.01. The molecule has 0 atom stereocenters. The van der Waals surface area contributed by atoms with Crippen LogP contribution < -0.4 is 15.0 Å². The van der Waals surface area contributed by atoms with Crippen LogP contribution in [0.3, 0.4) is 0 Å². The lowest BCUT2D eigenvalue weighted by atomic mass is 10.1. The SMILES string of the molecule is O=C(NO)c1cccc(OCCCOc2ncnc3scc(-c4ccc(F)cc4)c23)c1. The second kappa shape index (κ2) is 9.50. The maximum atomic E-state index is 13.3. The molecule has 0 aliphatic carbocycles. The van der Waals surface area contributed by atoms with Crippen molar-refractivity contribution in [2.45, 2.75) is 6.42 Å². The standard InChI is InChI=1S/C22H18FN3O4S/c23-16-7-5-14(6-8-16)18-12-31-22-19(18)21(24-13-25-22)30-10-2-9-29-17-4-1-3-15(11-17)20(27)26-28/h1,3-8,11-13,28H,2,9-10H2,(H,26,27). The zero-order valence-corrected chi connectivity index (χ0v) is 17.1. The number of hydroxylamine groups is 1. The first-order chi connectivity index (χ1) is 15.2. The molecule has 0 unspecified atom stereocenters. The van der Waals surface area contributed by atoms with Crippen LogP contribution in [0.5, 0.6) is 11.6 Å². The van der Waals surface area contributed by atoms with Crippen molar-refractivity contribution < 1.29 is 23.9 Å². The van der Waals surface area contributed by atoms with Gasteiger partial charge in [-0.05, 0) is 35.9 Å². The van der Waals surface area contributed by atoms with Gasteiger partial charge in [-0.1, -0.05) is 18.2 Å². The summed E-state index contributed by atoms with van der Waals surface area (Å²) in [4.78, 5) is 20.8. The van der Waals surface area contributed by atoms with Gasteiger partial charge in [-0.2, -0.15) is 0 Å². The van der Waals surface area contributed by atoms with Gasteiger partial charge in [0.15, 0.2) is 0 Å². The van der Waals surface area contributed by atoms with Gasteiger partial charge in [-0.25, -0.2) is 19.8 Å². The molecule has 0 bridgehead atoms. The van der Waals surface area contributed by atoms with Gasteiger partial charge < -0.3 is 9.47 Å². The summed E-state index contributed by atoms with van der Waals surface area (Å²) in [6.45, 7) is 0.731. The fourth-order valence-corrected chi connectivity index (χ4v) is 3.92. The molecule has 158 valence electrons. The summed E-state index contributed by atoms with van der Waals surface area (Å²) in [5.41, 5.74) is 3.64. The monoisotopic (exact) mass is 439 g/mol. The number of carbonyl (C=O) groups excluding carboxylic acids is 1. The van der Waals surface area contributed by atoms with Crippen LogP contribution in [0, 0.1) is 5.82 Å². The molecule has 0 saturated carbocycles. The Bertz CT molecular complexity index is 1200. The number of thiophene rings is 1. The lowest BCUT2D eigenvalue weighted by Gasteiger charge is -2.10. The highest BCUT2D eigenvalue weighted by Crippen LogP contribution is 2.37. The number of fused-ring (bicyclic) bond motifs is 1. The van der Waals surface area contributed by atoms with E-state index in [0.29, 0.717) is 36.8 Å². The van der Waals surface area contributed by atoms with Gasteiger partial charge in [0.05, 0.1) is 18.6 Å². The molecular weight excluding hydrogens is 421 g/mol. The molecule has 9 heteroatoms. The number of aromatic nitrogens is 2. The zero-order chi connectivity index (χ0) is 21.6. The minimum absolute atomic E-state index is 0.293. The van der Waals surface area contributed by atoms with Crippen LogP contribution in [0.15, 0.2) is 60.2 Å². The summed E-state index contributed by atoms with van der Waals surface area (Å²) in [6.07, 6.45) is 2.04. The predicted molar refractivity (Wildman–Crippen MR) is 114 cm³/mol. The van der Waals surface area contributed by atoms with E-state index in [1.165, 1.54) is 29.8 Å². The van der Waals surface area contributed by atoms with E-state index < -0.39 is 5.91 Å². The highest BCUT2D eigenvalue weighted by Gasteiger charge is 2.14. The Labute approximate surface area is 181 Å². The molecule has 0 fully saturated rings. The summed E-state index contributed by atoms with van der Waals surface area (Å²) in [6, 6.07) is 12.8. The quantitative estimate of drug-likeness (QED) is 0.239. The average Bonchev–Trinajstić information content (AvgIpc) is 3.24. The average molecular weight is 439 g/mol. The number of ether oxygens (including phenoxy) is 2. The number of nitrogens with zero attached hydrogens (tertiary/aromatic N) is 2. The van der Waals surface area contributed by atoms with Gasteiger partial charge in [-0.3, -0.25) is 10.0 Å². The zero-order valence-electron chi connectivity index (χ0n) is 16.2. The van der Waals surface area contributed by atoms with E-state index in [1.54, 1.807) is 41.9 Å². The molecule has 0 saturated heterocycles. The molecular formula is C22H18FN3O4S. The molecule has 0 spiro atoms. The van der Waals surface area contributed by atoms with Crippen molar-refractivity contribution in [3.63, 3.8) is 0 Å². The van der Waals surface area contributed by atoms with Gasteiger partial charge in [0.2, 0.25) is 5.88 Å². The molecule has 0 aliphatic rings. The van der Waals surface area contributed by atoms with Crippen LogP contribution in [0.4, 0.5) is 4.39 Å². The number of nitrogens with one attached hydrogen (secondary N) is 1. The Morgan fingerprint density at radius 2 is 1.90 bits per heavy atom. The van der Waals surface area contributed by atoms with E-state index in [2.05, 4.69) is 9.97 Å². The van der Waals surface area contributed by atoms with Crippen LogP contribution in [0.2, 0.25) is 0 Å². The molecule has 2 N–H and O–H groups in total. The fraction of sp³-hybridized carbons (Fsp3) is 0.136. The number of amides is 1. The van der Waals surface area contributed by atoms with Crippen molar-refractivity contribution in [1.82, 2.24) is 15.4 Å². The molecule has 2 heterocycles. The third kappa shape index (κ3) is 4.79. The molecule has 1 amide bonds. The van der Waals surface area contributed by atoms with E-state index in [0.717, 1.165) is 21.3 Å². The van der Waals surface area contributed by atoms with Crippen LogP contribution in [0.25, 0.3) is 21.3 Å². The van der Waals surface area contributed by atoms with Gasteiger partial charge in [0.1, 0.15) is 22.7 Å². The molecule has 31 heavy (non-hydrogen) atoms. The minimum Gasteiger partial charge on any atom is -0.493 e. The molecule has 4 rings (SSSR count). The van der Waals surface area contributed by atoms with Crippen molar-refractivity contribution in [1.29, 1.82) is 0 Å². The number of halogens is 1. The van der Waals surface area contributed by atoms with Crippen LogP contribution in [-0.4, -0.2) is 34.3 Å². The van der Waals surface area contributed by atoms with Gasteiger partial charge in [0.25, 0.3) is 5.91 Å². The summed E-state index contributed by atoms with van der Waals surface area (Å²) in [5, 5.41) is 11.5. The third-order valence-corrected chi connectivity index (χ3v) is 5.37. The van der Waals surface area contributed by atoms with Crippen LogP contribution in [-0.2, 0) is 0 Å². The second-order valence-corrected chi connectivity index (χ2v) is 7.39. The van der Waals surface area contributed by atoms with E-state index in [-0.39, 0.29) is 5.82 Å². The summed E-state index contributed by atoms with van der Waals surface area (Å²) in [5.74, 6) is 0.0852. The van der Waals surface area contributed by atoms with E-state index >= 15 is 0 Å². The van der Waals surface area contributed by atoms with Crippen LogP contribution in [0.1, 0.15) is 16.8 Å². The lowest BCUT2D eigenvalue weighted by molar-refractivity contribution is 0.0706. The number of benzene rings is 2. The lowest BCUT2D eigenvalue weighted by Crippen LogP contribution is -2.18. The maximum absolute atomic E-state index is 13.3. The topological polar surface area (TPSA) is 93.6 Å². The molecule has 0 aliphatic heterocycles. The Balaban J connectivity index is 1.39. The van der Waals surface area contributed by atoms with Crippen molar-refractivity contribution in [2.75, 3.05) is 13.2 Å². The first kappa shape index (κ1) is 20.7. The Hall–Kier alpha value is -3.56. The molecule has 0 radical (unpaired) electrons. The van der Waals surface area contributed by atoms with E-state index in [4.69, 9.17) is 14.7 Å². The second-order valence-electron chi connectivity index (χ2n) is 6.53. The van der Waals surface area contributed by atoms with Crippen molar-refractivity contribution >= 4 is 27.5 Å². The number of rotatable bonds is 8. The minimum atomic E-state index is -0.603. The first-order valence-electron chi connectivity index (χ1n) is 9.44. The Morgan fingerprint density at radius 1 is 1.10 bits per heavy atom. The Morgan fingerprint density at radius 3 is 2.71 bits per heavy atom. The number of carbonyl (C=O) groups is 1. The molecule has 2 aromatic heterocycles. The van der Waals surface area contributed by atoms with E-state index in [9.17, 15) is 9.18 Å². The van der Waals surface area contributed by atoms with Crippen molar-refractivity contribution in [3.05, 3.63) is 71.6 Å². The summed E-state index contributed by atoms with van der Waals surface area (Å²) >= 11 is 1.47. The number of hydrogen-bond acceptors (Lipinski definition) is 7. The van der Waals surface area contributed by atoms with Gasteiger partial charge >= 0.3 is 0 Å². The van der Waals surface area contributed by atoms with Crippen LogP contribution >= 0.6 is 11.3 Å². The highest BCUT2D eigenvalue weighted by atomic mass is 32.1. The largest absolute Gasteiger partial charge is 0.493 e.